The Morgan fingerprint density at radius 2 is 2.00 bits per heavy atom. The lowest BCUT2D eigenvalue weighted by molar-refractivity contribution is 0.0445. The van der Waals surface area contributed by atoms with Crippen molar-refractivity contribution in [2.75, 3.05) is 13.3 Å². The maximum atomic E-state index is 13.1. The molecule has 1 amide bonds. The van der Waals surface area contributed by atoms with Crippen LogP contribution in [0.2, 0.25) is 0 Å². The lowest BCUT2D eigenvalue weighted by Crippen LogP contribution is -2.46. The number of sulfonamides is 1. The van der Waals surface area contributed by atoms with Gasteiger partial charge in [0.2, 0.25) is 10.0 Å². The molecule has 11 heteroatoms. The van der Waals surface area contributed by atoms with Crippen molar-refractivity contribution in [1.29, 1.82) is 0 Å². The molecule has 0 saturated carbocycles. The van der Waals surface area contributed by atoms with E-state index >= 15 is 0 Å². The maximum absolute atomic E-state index is 13.1. The highest BCUT2D eigenvalue weighted by atomic mass is 32.2. The first-order chi connectivity index (χ1) is 14.7. The van der Waals surface area contributed by atoms with Gasteiger partial charge in [0.05, 0.1) is 31.6 Å². The van der Waals surface area contributed by atoms with E-state index in [9.17, 15) is 23.3 Å². The zero-order valence-electron chi connectivity index (χ0n) is 17.0. The van der Waals surface area contributed by atoms with Crippen LogP contribution in [-0.4, -0.2) is 54.3 Å². The first kappa shape index (κ1) is 21.5. The Morgan fingerprint density at radius 3 is 2.71 bits per heavy atom. The molecule has 2 heterocycles. The average Bonchev–Trinajstić information content (AvgIpc) is 3.33. The summed E-state index contributed by atoms with van der Waals surface area (Å²) in [5.74, 6) is -0.544. The number of hydrogen-bond donors (Lipinski definition) is 2. The fourth-order valence-electron chi connectivity index (χ4n) is 3.78. The summed E-state index contributed by atoms with van der Waals surface area (Å²) >= 11 is 0. The monoisotopic (exact) mass is 444 g/mol. The van der Waals surface area contributed by atoms with Gasteiger partial charge in [-0.3, -0.25) is 9.80 Å². The van der Waals surface area contributed by atoms with Crippen molar-refractivity contribution < 1.29 is 32.4 Å². The van der Waals surface area contributed by atoms with Gasteiger partial charge in [0.1, 0.15) is 11.8 Å². The van der Waals surface area contributed by atoms with Gasteiger partial charge in [-0.25, -0.2) is 8.42 Å². The lowest BCUT2D eigenvalue weighted by Gasteiger charge is -2.30. The number of fused-ring (bicyclic) bond motifs is 2. The Kier molecular flexibility index (Phi) is 5.62. The molecule has 0 spiro atoms. The number of benzene rings is 2. The van der Waals surface area contributed by atoms with Crippen LogP contribution in [0.3, 0.4) is 0 Å². The highest BCUT2D eigenvalue weighted by Crippen LogP contribution is 2.24. The van der Waals surface area contributed by atoms with Crippen molar-refractivity contribution in [3.8, 4) is 0 Å². The number of rotatable bonds is 6. The fourth-order valence-corrected chi connectivity index (χ4v) is 4.69. The number of amides is 1. The van der Waals surface area contributed by atoms with Gasteiger partial charge < -0.3 is 19.2 Å². The van der Waals surface area contributed by atoms with E-state index < -0.39 is 23.0 Å². The lowest BCUT2D eigenvalue weighted by atomic mass is 9.75. The number of nitrogens with zero attached hydrogens (tertiary/aromatic N) is 2. The van der Waals surface area contributed by atoms with Gasteiger partial charge >= 0.3 is 7.12 Å². The van der Waals surface area contributed by atoms with Gasteiger partial charge in [0.25, 0.3) is 5.91 Å². The molecule has 31 heavy (non-hydrogen) atoms. The maximum Gasteiger partial charge on any atom is 0.492 e. The molecular formula is C20H21BN2O7S. The third kappa shape index (κ3) is 3.98. The molecule has 4 rings (SSSR count). The number of para-hydroxylation sites is 1. The number of aliphatic hydroxyl groups is 1. The number of aliphatic hydroxyl groups excluding tert-OH is 1. The minimum Gasteiger partial charge on any atom is -0.463 e. The molecule has 0 aliphatic carbocycles. The van der Waals surface area contributed by atoms with Gasteiger partial charge in [0, 0.05) is 12.4 Å². The van der Waals surface area contributed by atoms with E-state index in [1.165, 1.54) is 13.3 Å². The van der Waals surface area contributed by atoms with E-state index in [0.29, 0.717) is 33.1 Å². The Morgan fingerprint density at radius 1 is 1.26 bits per heavy atom. The van der Waals surface area contributed by atoms with Gasteiger partial charge in [-0.1, -0.05) is 30.3 Å². The predicted octanol–water partition coefficient (Wildman–Crippen LogP) is 0.592. The number of hydrogen-bond acceptors (Lipinski definition) is 7. The number of carbonyl (C=O) groups excluding carboxylic acids is 1. The molecule has 0 bridgehead atoms. The van der Waals surface area contributed by atoms with Crippen LogP contribution in [0, 0.1) is 0 Å². The molecule has 1 aliphatic heterocycles. The standard InChI is InChI=1S/C20H21BN2O7S/c1-22(20(25)17-12-29-18-6-4-3-5-16(17)18)23(31(2,27)28)9-13-7-14(10-24)19-15(8-13)11-30-21(19)26/h3-8,12,24,26H,9-11H2,1-2H3. The Hall–Kier alpha value is -2.70. The third-order valence-corrected chi connectivity index (χ3v) is 6.41. The summed E-state index contributed by atoms with van der Waals surface area (Å²) in [4.78, 5) is 13.1. The van der Waals surface area contributed by atoms with Crippen molar-refractivity contribution in [3.63, 3.8) is 0 Å². The Balaban J connectivity index is 1.68. The highest BCUT2D eigenvalue weighted by molar-refractivity contribution is 7.88. The van der Waals surface area contributed by atoms with E-state index in [2.05, 4.69) is 0 Å². The molecule has 1 aromatic heterocycles. The van der Waals surface area contributed by atoms with Gasteiger partial charge in [0.15, 0.2) is 0 Å². The van der Waals surface area contributed by atoms with E-state index in [1.807, 2.05) is 0 Å². The summed E-state index contributed by atoms with van der Waals surface area (Å²) in [7, 11) is -3.59. The summed E-state index contributed by atoms with van der Waals surface area (Å²) in [6.07, 6.45) is 2.32. The van der Waals surface area contributed by atoms with Crippen LogP contribution in [0.15, 0.2) is 47.1 Å². The second-order valence-electron chi connectivity index (χ2n) is 7.37. The van der Waals surface area contributed by atoms with E-state index in [1.54, 1.807) is 36.4 Å². The van der Waals surface area contributed by atoms with E-state index in [-0.39, 0.29) is 25.3 Å². The summed E-state index contributed by atoms with van der Waals surface area (Å²) in [6, 6.07) is 10.3. The zero-order chi connectivity index (χ0) is 22.3. The van der Waals surface area contributed by atoms with Crippen LogP contribution in [0.25, 0.3) is 11.0 Å². The predicted molar refractivity (Wildman–Crippen MR) is 113 cm³/mol. The molecule has 9 nitrogen and oxygen atoms in total. The van der Waals surface area contributed by atoms with Crippen molar-refractivity contribution in [2.24, 2.45) is 0 Å². The number of hydrazine groups is 1. The third-order valence-electron chi connectivity index (χ3n) is 5.27. The Bertz CT molecular complexity index is 1260. The average molecular weight is 444 g/mol. The number of furan rings is 1. The quantitative estimate of drug-likeness (QED) is 0.422. The van der Waals surface area contributed by atoms with Crippen LogP contribution in [-0.2, 0) is 34.4 Å². The minimum atomic E-state index is -3.83. The number of carbonyl (C=O) groups is 1. The van der Waals surface area contributed by atoms with Gasteiger partial charge in [-0.15, -0.1) is 4.41 Å². The zero-order valence-corrected chi connectivity index (χ0v) is 17.8. The Labute approximate surface area is 179 Å². The molecule has 162 valence electrons. The minimum absolute atomic E-state index is 0.145. The summed E-state index contributed by atoms with van der Waals surface area (Å²) in [5, 5.41) is 21.2. The van der Waals surface area contributed by atoms with Crippen LogP contribution >= 0.6 is 0 Å². The van der Waals surface area contributed by atoms with Gasteiger partial charge in [-0.05, 0) is 28.2 Å². The van der Waals surface area contributed by atoms with E-state index in [4.69, 9.17) is 9.07 Å². The fraction of sp³-hybridized carbons (Fsp3) is 0.250. The second kappa shape index (κ2) is 8.10. The van der Waals surface area contributed by atoms with Crippen LogP contribution in [0.5, 0.6) is 0 Å². The first-order valence-corrected chi connectivity index (χ1v) is 11.3. The van der Waals surface area contributed by atoms with Crippen molar-refractivity contribution in [1.82, 2.24) is 9.42 Å². The van der Waals surface area contributed by atoms with Crippen molar-refractivity contribution >= 4 is 39.5 Å². The van der Waals surface area contributed by atoms with E-state index in [0.717, 1.165) is 15.7 Å². The largest absolute Gasteiger partial charge is 0.492 e. The summed E-state index contributed by atoms with van der Waals surface area (Å²) < 4.78 is 36.7. The molecule has 0 radical (unpaired) electrons. The smallest absolute Gasteiger partial charge is 0.463 e. The van der Waals surface area contributed by atoms with Crippen LogP contribution in [0.1, 0.15) is 27.0 Å². The summed E-state index contributed by atoms with van der Waals surface area (Å²) in [5.41, 5.74) is 2.91. The molecule has 0 unspecified atom stereocenters. The molecule has 0 atom stereocenters. The van der Waals surface area contributed by atoms with Crippen molar-refractivity contribution in [2.45, 2.75) is 19.8 Å². The molecular weight excluding hydrogens is 423 g/mol. The SMILES string of the molecule is CN(C(=O)c1coc2ccccc12)N(Cc1cc(CO)c2c(c1)COB2O)S(C)(=O)=O. The summed E-state index contributed by atoms with van der Waals surface area (Å²) in [6.45, 7) is -0.343. The molecule has 3 aromatic rings. The molecule has 1 aliphatic rings. The molecule has 2 aromatic carbocycles. The molecule has 2 N–H and O–H groups in total. The molecule has 0 fully saturated rings. The van der Waals surface area contributed by atoms with Crippen molar-refractivity contribution in [3.05, 3.63) is 64.9 Å². The second-order valence-corrected chi connectivity index (χ2v) is 9.25. The first-order valence-electron chi connectivity index (χ1n) is 9.47. The van der Waals surface area contributed by atoms with Crippen LogP contribution < -0.4 is 5.46 Å². The van der Waals surface area contributed by atoms with Crippen LogP contribution in [0.4, 0.5) is 0 Å². The highest BCUT2D eigenvalue weighted by Gasteiger charge is 2.32. The normalized spacial score (nSPS) is 13.8. The topological polar surface area (TPSA) is 121 Å². The van der Waals surface area contributed by atoms with Gasteiger partial charge in [-0.2, -0.15) is 0 Å². The molecule has 0 saturated heterocycles.